The molecule has 0 saturated heterocycles. The molecule has 0 spiro atoms. The van der Waals surface area contributed by atoms with Gasteiger partial charge in [-0.05, 0) is 29.3 Å². The van der Waals surface area contributed by atoms with Crippen LogP contribution in [0.4, 0.5) is 0 Å². The number of sulfonamides is 1. The van der Waals surface area contributed by atoms with Crippen molar-refractivity contribution in [3.05, 3.63) is 16.5 Å². The van der Waals surface area contributed by atoms with Gasteiger partial charge in [0.25, 0.3) is 5.91 Å². The van der Waals surface area contributed by atoms with Crippen molar-refractivity contribution >= 4 is 31.9 Å². The molecule has 0 bridgehead atoms. The Morgan fingerprint density at radius 1 is 1.50 bits per heavy atom. The molecule has 1 atom stereocenters. The summed E-state index contributed by atoms with van der Waals surface area (Å²) in [5.41, 5.74) is 0. The fourth-order valence-corrected chi connectivity index (χ4v) is 3.23. The molecule has 1 aromatic heterocycles. The first-order chi connectivity index (χ1) is 9.25. The third-order valence-electron chi connectivity index (χ3n) is 2.80. The highest BCUT2D eigenvalue weighted by Gasteiger charge is 2.22. The highest BCUT2D eigenvalue weighted by atomic mass is 79.9. The van der Waals surface area contributed by atoms with E-state index in [1.54, 1.807) is 0 Å². The number of carbonyl (C=O) groups excluding carboxylic acids is 1. The molecule has 0 aliphatic rings. The number of nitrogens with one attached hydrogen (secondary N) is 1. The molecule has 0 fully saturated rings. The van der Waals surface area contributed by atoms with Gasteiger partial charge in [0.2, 0.25) is 10.0 Å². The first-order valence-electron chi connectivity index (χ1n) is 6.38. The van der Waals surface area contributed by atoms with E-state index in [1.807, 2.05) is 6.92 Å². The first-order valence-corrected chi connectivity index (χ1v) is 8.72. The maximum Gasteiger partial charge on any atom is 0.287 e. The van der Waals surface area contributed by atoms with Crippen LogP contribution >= 0.6 is 15.9 Å². The van der Waals surface area contributed by atoms with Gasteiger partial charge in [-0.3, -0.25) is 4.79 Å². The van der Waals surface area contributed by atoms with Crippen LogP contribution < -0.4 is 10.5 Å². The van der Waals surface area contributed by atoms with E-state index >= 15 is 0 Å². The van der Waals surface area contributed by atoms with E-state index in [1.165, 1.54) is 0 Å². The molecule has 3 N–H and O–H groups in total. The standard InChI is InChI=1S/C12H19BrN2O4S/c1-3-4-5-6-8(2)15-12(16)9-7-10(11(13)19-9)20(14,17)18/h7-8H,3-6H2,1-2H3,(H,15,16)(H2,14,17,18). The van der Waals surface area contributed by atoms with Crippen molar-refractivity contribution in [2.45, 2.75) is 50.5 Å². The van der Waals surface area contributed by atoms with Crippen LogP contribution in [-0.2, 0) is 10.0 Å². The van der Waals surface area contributed by atoms with Crippen LogP contribution in [0.1, 0.15) is 50.1 Å². The smallest absolute Gasteiger partial charge is 0.287 e. The van der Waals surface area contributed by atoms with Gasteiger partial charge in [-0.15, -0.1) is 0 Å². The fourth-order valence-electron chi connectivity index (χ4n) is 1.73. The minimum atomic E-state index is -3.91. The molecule has 0 aromatic carbocycles. The number of unbranched alkanes of at least 4 members (excludes halogenated alkanes) is 2. The van der Waals surface area contributed by atoms with E-state index in [0.29, 0.717) is 0 Å². The summed E-state index contributed by atoms with van der Waals surface area (Å²) >= 11 is 2.93. The van der Waals surface area contributed by atoms with E-state index in [4.69, 9.17) is 9.56 Å². The lowest BCUT2D eigenvalue weighted by atomic mass is 10.1. The van der Waals surface area contributed by atoms with Crippen molar-refractivity contribution in [2.24, 2.45) is 5.14 Å². The second-order valence-corrected chi connectivity index (χ2v) is 6.91. The van der Waals surface area contributed by atoms with Crippen LogP contribution in [0.3, 0.4) is 0 Å². The number of primary sulfonamides is 1. The van der Waals surface area contributed by atoms with E-state index in [0.717, 1.165) is 31.7 Å². The van der Waals surface area contributed by atoms with Crippen molar-refractivity contribution in [2.75, 3.05) is 0 Å². The van der Waals surface area contributed by atoms with Crippen molar-refractivity contribution in [1.82, 2.24) is 5.32 Å². The fraction of sp³-hybridized carbons (Fsp3) is 0.583. The number of halogens is 1. The topological polar surface area (TPSA) is 102 Å². The van der Waals surface area contributed by atoms with Crippen molar-refractivity contribution in [1.29, 1.82) is 0 Å². The molecule has 20 heavy (non-hydrogen) atoms. The lowest BCUT2D eigenvalue weighted by Gasteiger charge is -2.12. The van der Waals surface area contributed by atoms with Gasteiger partial charge in [0.1, 0.15) is 4.90 Å². The van der Waals surface area contributed by atoms with E-state index in [2.05, 4.69) is 28.2 Å². The maximum atomic E-state index is 11.9. The zero-order chi connectivity index (χ0) is 15.3. The van der Waals surface area contributed by atoms with Gasteiger partial charge < -0.3 is 9.73 Å². The second kappa shape index (κ2) is 7.24. The molecule has 1 heterocycles. The summed E-state index contributed by atoms with van der Waals surface area (Å²) in [5, 5.41) is 7.76. The summed E-state index contributed by atoms with van der Waals surface area (Å²) in [4.78, 5) is 11.7. The molecule has 0 saturated carbocycles. The zero-order valence-electron chi connectivity index (χ0n) is 11.5. The van der Waals surface area contributed by atoms with Gasteiger partial charge in [0.15, 0.2) is 10.4 Å². The van der Waals surface area contributed by atoms with E-state index in [-0.39, 0.29) is 21.4 Å². The normalized spacial score (nSPS) is 13.2. The minimum Gasteiger partial charge on any atom is -0.443 e. The van der Waals surface area contributed by atoms with Crippen LogP contribution in [0.2, 0.25) is 0 Å². The first kappa shape index (κ1) is 17.2. The molecule has 1 rings (SSSR count). The number of rotatable bonds is 7. The lowest BCUT2D eigenvalue weighted by molar-refractivity contribution is 0.0908. The summed E-state index contributed by atoms with van der Waals surface area (Å²) < 4.78 is 27.5. The second-order valence-electron chi connectivity index (χ2n) is 4.66. The van der Waals surface area contributed by atoms with Gasteiger partial charge in [-0.25, -0.2) is 13.6 Å². The summed E-state index contributed by atoms with van der Waals surface area (Å²) in [6.45, 7) is 4.00. The summed E-state index contributed by atoms with van der Waals surface area (Å²) in [6.07, 6.45) is 4.12. The molecule has 0 aliphatic heterocycles. The number of nitrogens with two attached hydrogens (primary N) is 1. The number of hydrogen-bond donors (Lipinski definition) is 2. The Hall–Kier alpha value is -0.860. The Kier molecular flexibility index (Phi) is 6.22. The Morgan fingerprint density at radius 2 is 2.15 bits per heavy atom. The molecule has 6 nitrogen and oxygen atoms in total. The lowest BCUT2D eigenvalue weighted by Crippen LogP contribution is -2.32. The predicted molar refractivity (Wildman–Crippen MR) is 78.9 cm³/mol. The quantitative estimate of drug-likeness (QED) is 0.723. The molecular weight excluding hydrogens is 348 g/mol. The number of furan rings is 1. The predicted octanol–water partition coefficient (Wildman–Crippen LogP) is 2.39. The molecule has 0 aliphatic carbocycles. The molecule has 1 unspecified atom stereocenters. The van der Waals surface area contributed by atoms with E-state index in [9.17, 15) is 13.2 Å². The highest BCUT2D eigenvalue weighted by molar-refractivity contribution is 9.10. The average molecular weight is 367 g/mol. The van der Waals surface area contributed by atoms with Gasteiger partial charge in [-0.2, -0.15) is 0 Å². The molecule has 114 valence electrons. The van der Waals surface area contributed by atoms with Gasteiger partial charge in [0.05, 0.1) is 0 Å². The maximum absolute atomic E-state index is 11.9. The van der Waals surface area contributed by atoms with Gasteiger partial charge >= 0.3 is 0 Å². The van der Waals surface area contributed by atoms with E-state index < -0.39 is 15.9 Å². The van der Waals surface area contributed by atoms with Gasteiger partial charge in [-0.1, -0.05) is 26.2 Å². The molecule has 1 aromatic rings. The van der Waals surface area contributed by atoms with Crippen molar-refractivity contribution in [3.63, 3.8) is 0 Å². The Balaban J connectivity index is 2.69. The highest BCUT2D eigenvalue weighted by Crippen LogP contribution is 2.25. The monoisotopic (exact) mass is 366 g/mol. The van der Waals surface area contributed by atoms with Crippen LogP contribution in [-0.4, -0.2) is 20.4 Å². The Labute approximate surface area is 127 Å². The summed E-state index contributed by atoms with van der Waals surface area (Å²) in [6, 6.07) is 1.11. The minimum absolute atomic E-state index is 0.00383. The van der Waals surface area contributed by atoms with Crippen LogP contribution in [0.25, 0.3) is 0 Å². The zero-order valence-corrected chi connectivity index (χ0v) is 13.9. The third kappa shape index (κ3) is 4.92. The molecule has 8 heteroatoms. The van der Waals surface area contributed by atoms with Crippen LogP contribution in [0.5, 0.6) is 0 Å². The molecule has 1 amide bonds. The summed E-state index contributed by atoms with van der Waals surface area (Å²) in [7, 11) is -3.91. The van der Waals surface area contributed by atoms with Crippen LogP contribution in [0.15, 0.2) is 20.0 Å². The third-order valence-corrected chi connectivity index (χ3v) is 4.57. The SMILES string of the molecule is CCCCCC(C)NC(=O)c1cc(S(N)(=O)=O)c(Br)o1. The summed E-state index contributed by atoms with van der Waals surface area (Å²) in [5.74, 6) is -0.534. The van der Waals surface area contributed by atoms with Crippen molar-refractivity contribution < 1.29 is 17.6 Å². The Morgan fingerprint density at radius 3 is 2.65 bits per heavy atom. The van der Waals surface area contributed by atoms with Gasteiger partial charge in [0, 0.05) is 12.1 Å². The number of hydrogen-bond acceptors (Lipinski definition) is 4. The molecular formula is C12H19BrN2O4S. The van der Waals surface area contributed by atoms with Crippen LogP contribution in [0, 0.1) is 0 Å². The number of carbonyl (C=O) groups is 1. The molecule has 0 radical (unpaired) electrons. The Bertz CT molecular complexity index is 568. The average Bonchev–Trinajstić information content (AvgIpc) is 2.71. The number of amides is 1. The van der Waals surface area contributed by atoms with Crippen molar-refractivity contribution in [3.8, 4) is 0 Å². The largest absolute Gasteiger partial charge is 0.443 e.